The maximum absolute atomic E-state index is 15.8. The van der Waals surface area contributed by atoms with Crippen molar-refractivity contribution >= 4 is 44.2 Å². The van der Waals surface area contributed by atoms with Gasteiger partial charge < -0.3 is 19.3 Å². The number of ether oxygens (including phenoxy) is 2. The average molecular weight is 652 g/mol. The van der Waals surface area contributed by atoms with Crippen LogP contribution in [0.25, 0.3) is 22.0 Å². The minimum absolute atomic E-state index is 0.0567. The number of fused-ring (bicyclic) bond motifs is 4. The summed E-state index contributed by atoms with van der Waals surface area (Å²) in [6, 6.07) is 4.83. The Labute approximate surface area is 267 Å². The van der Waals surface area contributed by atoms with Crippen LogP contribution in [0.15, 0.2) is 30.6 Å². The lowest BCUT2D eigenvalue weighted by Gasteiger charge is -2.43. The molecular formula is C32H38FN7O5S. The van der Waals surface area contributed by atoms with Crippen LogP contribution in [0, 0.1) is 11.7 Å². The summed E-state index contributed by atoms with van der Waals surface area (Å²) in [5, 5.41) is 0.736. The van der Waals surface area contributed by atoms with Crippen LogP contribution >= 0.6 is 0 Å². The second-order valence-electron chi connectivity index (χ2n) is 13.1. The van der Waals surface area contributed by atoms with Crippen molar-refractivity contribution in [2.24, 2.45) is 5.92 Å². The second-order valence-corrected chi connectivity index (χ2v) is 14.7. The van der Waals surface area contributed by atoms with Crippen molar-refractivity contribution in [3.63, 3.8) is 0 Å². The Balaban J connectivity index is 1.16. The highest BCUT2D eigenvalue weighted by atomic mass is 32.2. The Hall–Kier alpha value is -3.43. The van der Waals surface area contributed by atoms with E-state index < -0.39 is 21.4 Å². The standard InChI is InChI=1S/C32H38FN7O5S/c1-37-28-17-34-26-15-25(33)23(14-24(26)29(28)32(31(37)41)3-2-4-32)22-13-27(36-46(42,43)40-7-11-45-12-8-40)30(35-16-22)39-19-21(20-39)18-38-5-9-44-10-6-38/h13-17,21,36H,2-12,18-20H2,1H3. The van der Waals surface area contributed by atoms with Crippen LogP contribution in [-0.2, 0) is 29.9 Å². The minimum atomic E-state index is -3.92. The van der Waals surface area contributed by atoms with Crippen molar-refractivity contribution in [1.29, 1.82) is 0 Å². The molecule has 0 radical (unpaired) electrons. The number of nitrogens with one attached hydrogen (secondary N) is 1. The van der Waals surface area contributed by atoms with Gasteiger partial charge >= 0.3 is 10.2 Å². The molecule has 0 unspecified atom stereocenters. The molecule has 1 amide bonds. The number of benzene rings is 1. The molecule has 6 heterocycles. The fraction of sp³-hybridized carbons (Fsp3) is 0.531. The molecule has 3 aromatic rings. The quantitative estimate of drug-likeness (QED) is 0.411. The normalized spacial score (nSPS) is 22.3. The van der Waals surface area contributed by atoms with Gasteiger partial charge in [-0.05, 0) is 25.0 Å². The van der Waals surface area contributed by atoms with E-state index in [1.165, 1.54) is 10.4 Å². The van der Waals surface area contributed by atoms with Crippen LogP contribution < -0.4 is 14.5 Å². The summed E-state index contributed by atoms with van der Waals surface area (Å²) in [5.74, 6) is 0.506. The van der Waals surface area contributed by atoms with Gasteiger partial charge in [0.05, 0.1) is 54.9 Å². The number of rotatable bonds is 7. The van der Waals surface area contributed by atoms with Gasteiger partial charge in [0.2, 0.25) is 5.91 Å². The highest BCUT2D eigenvalue weighted by molar-refractivity contribution is 7.90. The van der Waals surface area contributed by atoms with Crippen molar-refractivity contribution in [3.8, 4) is 11.1 Å². The van der Waals surface area contributed by atoms with Crippen LogP contribution in [0.5, 0.6) is 0 Å². The summed E-state index contributed by atoms with van der Waals surface area (Å²) in [4.78, 5) is 28.7. The van der Waals surface area contributed by atoms with E-state index in [1.807, 2.05) is 0 Å². The van der Waals surface area contributed by atoms with E-state index in [0.717, 1.165) is 81.8 Å². The molecular weight excluding hydrogens is 613 g/mol. The second kappa shape index (κ2) is 11.4. The van der Waals surface area contributed by atoms with E-state index in [0.29, 0.717) is 41.7 Å². The maximum atomic E-state index is 15.8. The summed E-state index contributed by atoms with van der Waals surface area (Å²) < 4.78 is 57.9. The monoisotopic (exact) mass is 651 g/mol. The lowest BCUT2D eigenvalue weighted by molar-refractivity contribution is -0.125. The van der Waals surface area contributed by atoms with Gasteiger partial charge in [-0.25, -0.2) is 9.37 Å². The number of aromatic nitrogens is 2. The first-order valence-corrected chi connectivity index (χ1v) is 17.5. The van der Waals surface area contributed by atoms with Crippen molar-refractivity contribution in [2.75, 3.05) is 93.8 Å². The number of nitrogens with zero attached hydrogens (tertiary/aromatic N) is 6. The summed E-state index contributed by atoms with van der Waals surface area (Å²) in [6.45, 7) is 6.87. The lowest BCUT2D eigenvalue weighted by Crippen LogP contribution is -2.53. The molecule has 0 bridgehead atoms. The molecule has 14 heteroatoms. The smallest absolute Gasteiger partial charge is 0.301 e. The predicted octanol–water partition coefficient (Wildman–Crippen LogP) is 2.59. The summed E-state index contributed by atoms with van der Waals surface area (Å²) >= 11 is 0. The Kier molecular flexibility index (Phi) is 7.40. The van der Waals surface area contributed by atoms with Crippen LogP contribution in [0.1, 0.15) is 24.8 Å². The Bertz CT molecular complexity index is 1800. The first-order chi connectivity index (χ1) is 22.2. The molecule has 8 rings (SSSR count). The maximum Gasteiger partial charge on any atom is 0.301 e. The third kappa shape index (κ3) is 4.93. The van der Waals surface area contributed by atoms with Crippen LogP contribution in [0.3, 0.4) is 0 Å². The average Bonchev–Trinajstić information content (AvgIpc) is 3.26. The number of hydrogen-bond donors (Lipinski definition) is 1. The van der Waals surface area contributed by atoms with Crippen LogP contribution in [0.2, 0.25) is 0 Å². The number of morpholine rings is 2. The Morgan fingerprint density at radius 2 is 1.72 bits per heavy atom. The predicted molar refractivity (Wildman–Crippen MR) is 172 cm³/mol. The third-order valence-corrected chi connectivity index (χ3v) is 11.8. The topological polar surface area (TPSA) is 120 Å². The number of amides is 1. The molecule has 1 aromatic carbocycles. The molecule has 2 aromatic heterocycles. The number of halogens is 1. The van der Waals surface area contributed by atoms with Crippen molar-refractivity contribution in [1.82, 2.24) is 19.2 Å². The summed E-state index contributed by atoms with van der Waals surface area (Å²) in [6.07, 6.45) is 5.73. The van der Waals surface area contributed by atoms with Gasteiger partial charge in [0.15, 0.2) is 5.82 Å². The first kappa shape index (κ1) is 29.9. The minimum Gasteiger partial charge on any atom is -0.379 e. The molecule has 1 aliphatic carbocycles. The van der Waals surface area contributed by atoms with Gasteiger partial charge in [0, 0.05) is 93.1 Å². The number of pyridine rings is 2. The van der Waals surface area contributed by atoms with Crippen LogP contribution in [-0.4, -0.2) is 113 Å². The summed E-state index contributed by atoms with van der Waals surface area (Å²) in [5.41, 5.74) is 2.56. The molecule has 0 atom stereocenters. The highest BCUT2D eigenvalue weighted by Crippen LogP contribution is 2.55. The SMILES string of the molecule is CN1C(=O)C2(CCC2)c2c1cnc1cc(F)c(-c3cnc(N4CC(CN5CCOCC5)C4)c(NS(=O)(=O)N4CCOCC4)c3)cc21. The molecule has 1 N–H and O–H groups in total. The molecule has 3 saturated heterocycles. The fourth-order valence-electron chi connectivity index (χ4n) is 7.64. The third-order valence-electron chi connectivity index (χ3n) is 10.3. The van der Waals surface area contributed by atoms with Crippen LogP contribution in [0.4, 0.5) is 21.6 Å². The van der Waals surface area contributed by atoms with E-state index >= 15 is 4.39 Å². The zero-order valence-electron chi connectivity index (χ0n) is 25.9. The number of carbonyl (C=O) groups excluding carboxylic acids is 1. The largest absolute Gasteiger partial charge is 0.379 e. The van der Waals surface area contributed by atoms with Crippen molar-refractivity contribution in [3.05, 3.63) is 42.0 Å². The highest BCUT2D eigenvalue weighted by Gasteiger charge is 2.54. The molecule has 4 fully saturated rings. The van der Waals surface area contributed by atoms with Crippen molar-refractivity contribution in [2.45, 2.75) is 24.7 Å². The molecule has 5 aliphatic rings. The van der Waals surface area contributed by atoms with Gasteiger partial charge in [-0.15, -0.1) is 0 Å². The fourth-order valence-corrected chi connectivity index (χ4v) is 8.83. The lowest BCUT2D eigenvalue weighted by atomic mass is 9.64. The van der Waals surface area contributed by atoms with Gasteiger partial charge in [-0.1, -0.05) is 6.42 Å². The molecule has 1 spiro atoms. The molecule has 46 heavy (non-hydrogen) atoms. The zero-order chi connectivity index (χ0) is 31.6. The molecule has 1 saturated carbocycles. The number of likely N-dealkylation sites (N-methyl/N-ethyl adjacent to an activating group) is 1. The first-order valence-electron chi connectivity index (χ1n) is 16.1. The summed E-state index contributed by atoms with van der Waals surface area (Å²) in [7, 11) is -2.15. The van der Waals surface area contributed by atoms with E-state index in [4.69, 9.17) is 14.5 Å². The van der Waals surface area contributed by atoms with Gasteiger partial charge in [0.1, 0.15) is 5.82 Å². The van der Waals surface area contributed by atoms with E-state index in [9.17, 15) is 13.2 Å². The number of anilines is 3. The van der Waals surface area contributed by atoms with Crippen molar-refractivity contribution < 1.29 is 27.1 Å². The molecule has 244 valence electrons. The van der Waals surface area contributed by atoms with Gasteiger partial charge in [-0.2, -0.15) is 12.7 Å². The molecule has 4 aliphatic heterocycles. The van der Waals surface area contributed by atoms with E-state index in [2.05, 4.69) is 19.5 Å². The Morgan fingerprint density at radius 3 is 2.41 bits per heavy atom. The van der Waals surface area contributed by atoms with Gasteiger partial charge in [0.25, 0.3) is 0 Å². The number of carbonyl (C=O) groups is 1. The van der Waals surface area contributed by atoms with E-state index in [1.54, 1.807) is 36.5 Å². The van der Waals surface area contributed by atoms with Gasteiger partial charge in [-0.3, -0.25) is 19.4 Å². The molecule has 12 nitrogen and oxygen atoms in total. The Morgan fingerprint density at radius 1 is 1.00 bits per heavy atom. The zero-order valence-corrected chi connectivity index (χ0v) is 26.7. The number of hydrogen-bond acceptors (Lipinski definition) is 9. The van der Waals surface area contributed by atoms with E-state index in [-0.39, 0.29) is 24.6 Å².